The molecule has 0 saturated carbocycles. The Bertz CT molecular complexity index is 79.7. The van der Waals surface area contributed by atoms with Crippen molar-refractivity contribution in [1.29, 1.82) is 0 Å². The summed E-state index contributed by atoms with van der Waals surface area (Å²) in [5.41, 5.74) is 1.06. The smallest absolute Gasteiger partial charge is 0.323 e. The highest BCUT2D eigenvalue weighted by Gasteiger charge is 2.07. The summed E-state index contributed by atoms with van der Waals surface area (Å²) in [7, 11) is 0. The van der Waals surface area contributed by atoms with Crippen molar-refractivity contribution in [2.75, 3.05) is 0 Å². The van der Waals surface area contributed by atoms with Crippen LogP contribution < -0.4 is 5.54 Å². The monoisotopic (exact) mass is 143 g/mol. The lowest BCUT2D eigenvalue weighted by molar-refractivity contribution is -0.140. The molecule has 0 bridgehead atoms. The third kappa shape index (κ3) is 3.83. The van der Waals surface area contributed by atoms with Crippen molar-refractivity contribution >= 4 is 18.4 Å². The zero-order valence-electron chi connectivity index (χ0n) is 4.22. The van der Waals surface area contributed by atoms with Crippen LogP contribution in [0.5, 0.6) is 0 Å². The Morgan fingerprint density at radius 1 is 1.88 bits per heavy atom. The van der Waals surface area contributed by atoms with Crippen LogP contribution in [0.1, 0.15) is 6.92 Å². The molecule has 0 aromatic carbocycles. The summed E-state index contributed by atoms with van der Waals surface area (Å²) in [6, 6.07) is -1.10. The van der Waals surface area contributed by atoms with Crippen molar-refractivity contribution < 1.29 is 14.4 Å². The van der Waals surface area contributed by atoms with E-state index in [0.29, 0.717) is 0 Å². The van der Waals surface area contributed by atoms with Crippen molar-refractivity contribution in [3.8, 4) is 0 Å². The highest BCUT2D eigenvalue weighted by atomic mass is 35.5. The van der Waals surface area contributed by atoms with Crippen LogP contribution in [0.3, 0.4) is 0 Å². The Morgan fingerprint density at radius 3 is 2.25 bits per heavy atom. The number of nitrogens with one attached hydrogen (secondary N) is 1. The fraction of sp³-hybridized carbons (Fsp3) is 0.667. The first kappa shape index (κ1) is 10.6. The number of carboxylic acids is 1. The molecule has 0 heterocycles. The first-order valence-corrected chi connectivity index (χ1v) is 1.77. The maximum Gasteiger partial charge on any atom is 0.323 e. The molecule has 3 nitrogen and oxygen atoms in total. The van der Waals surface area contributed by atoms with Crippen molar-refractivity contribution in [3.05, 3.63) is 0 Å². The maximum absolute atomic E-state index is 11.0. The van der Waals surface area contributed by atoms with E-state index in [1.807, 2.05) is 0 Å². The van der Waals surface area contributed by atoms with Crippen LogP contribution >= 0.6 is 12.4 Å². The van der Waals surface area contributed by atoms with Crippen LogP contribution in [0.25, 0.3) is 0 Å². The molecule has 0 aromatic heterocycles. The van der Waals surface area contributed by atoms with Crippen molar-refractivity contribution in [2.24, 2.45) is 0 Å². The Morgan fingerprint density at radius 2 is 2.25 bits per heavy atom. The van der Waals surface area contributed by atoms with Crippen LogP contribution in [0, 0.1) is 0 Å². The molecule has 1 atom stereocenters. The summed E-state index contributed by atoms with van der Waals surface area (Å²) >= 11 is 0. The van der Waals surface area contributed by atoms with Gasteiger partial charge in [0.1, 0.15) is 6.04 Å². The minimum Gasteiger partial charge on any atom is -0.480 e. The molecule has 0 aliphatic rings. The molecular formula is C3H7ClFNO2. The number of aliphatic carboxylic acids is 1. The third-order valence-corrected chi connectivity index (χ3v) is 0.534. The lowest BCUT2D eigenvalue weighted by Gasteiger charge is -1.95. The van der Waals surface area contributed by atoms with Crippen LogP contribution in [0.15, 0.2) is 0 Å². The summed E-state index contributed by atoms with van der Waals surface area (Å²) in [4.78, 5) is 9.63. The van der Waals surface area contributed by atoms with E-state index in [2.05, 4.69) is 0 Å². The molecule has 0 spiro atoms. The number of hydrogen-bond acceptors (Lipinski definition) is 2. The average Bonchev–Trinajstić information content (AvgIpc) is 1.65. The van der Waals surface area contributed by atoms with Crippen molar-refractivity contribution in [2.45, 2.75) is 13.0 Å². The van der Waals surface area contributed by atoms with Gasteiger partial charge in [0, 0.05) is 0 Å². The van der Waals surface area contributed by atoms with E-state index >= 15 is 0 Å². The highest BCUT2D eigenvalue weighted by Crippen LogP contribution is 1.77. The Labute approximate surface area is 52.2 Å². The number of rotatable bonds is 2. The summed E-state index contributed by atoms with van der Waals surface area (Å²) in [6.45, 7) is 1.21. The molecule has 5 heteroatoms. The van der Waals surface area contributed by atoms with Gasteiger partial charge in [-0.05, 0) is 6.92 Å². The van der Waals surface area contributed by atoms with E-state index in [0.717, 1.165) is 5.54 Å². The predicted octanol–water partition coefficient (Wildman–Crippen LogP) is 0.355. The number of halogens is 2. The zero-order chi connectivity index (χ0) is 5.86. The molecular weight excluding hydrogens is 136 g/mol. The quantitative estimate of drug-likeness (QED) is 0.549. The van der Waals surface area contributed by atoms with Gasteiger partial charge in [0.25, 0.3) is 0 Å². The lowest BCUT2D eigenvalue weighted by atomic mass is 10.4. The summed E-state index contributed by atoms with van der Waals surface area (Å²) in [6.07, 6.45) is 0. The summed E-state index contributed by atoms with van der Waals surface area (Å²) in [5.74, 6) is -1.19. The van der Waals surface area contributed by atoms with Crippen LogP contribution in [0.4, 0.5) is 4.48 Å². The van der Waals surface area contributed by atoms with E-state index in [4.69, 9.17) is 5.11 Å². The Balaban J connectivity index is 0. The Hall–Kier alpha value is -0.350. The number of hydrogen-bond donors (Lipinski definition) is 2. The van der Waals surface area contributed by atoms with Gasteiger partial charge in [-0.25, -0.2) is 0 Å². The molecule has 0 rings (SSSR count). The van der Waals surface area contributed by atoms with Gasteiger partial charge in [-0.2, -0.15) is 0 Å². The fourth-order valence-corrected chi connectivity index (χ4v) is 0.0467. The van der Waals surface area contributed by atoms with Crippen molar-refractivity contribution in [3.63, 3.8) is 0 Å². The predicted molar refractivity (Wildman–Crippen MR) is 28.6 cm³/mol. The first-order chi connectivity index (χ1) is 3.18. The van der Waals surface area contributed by atoms with Gasteiger partial charge in [0.05, 0.1) is 0 Å². The van der Waals surface area contributed by atoms with Gasteiger partial charge >= 0.3 is 5.97 Å². The minimum atomic E-state index is -1.19. The molecule has 0 unspecified atom stereocenters. The third-order valence-electron chi connectivity index (χ3n) is 0.534. The molecule has 0 amide bonds. The normalized spacial score (nSPS) is 11.8. The van der Waals surface area contributed by atoms with Gasteiger partial charge in [-0.3, -0.25) is 4.79 Å². The second kappa shape index (κ2) is 4.80. The average molecular weight is 144 g/mol. The van der Waals surface area contributed by atoms with E-state index < -0.39 is 12.0 Å². The second-order valence-electron chi connectivity index (χ2n) is 1.17. The van der Waals surface area contributed by atoms with Crippen LogP contribution in [0.2, 0.25) is 0 Å². The minimum absolute atomic E-state index is 0. The van der Waals surface area contributed by atoms with E-state index in [9.17, 15) is 9.28 Å². The van der Waals surface area contributed by atoms with E-state index in [1.165, 1.54) is 6.92 Å². The zero-order valence-corrected chi connectivity index (χ0v) is 5.04. The van der Waals surface area contributed by atoms with E-state index in [-0.39, 0.29) is 12.4 Å². The van der Waals surface area contributed by atoms with Crippen LogP contribution in [-0.4, -0.2) is 17.1 Å². The molecule has 0 radical (unpaired) electrons. The van der Waals surface area contributed by atoms with Gasteiger partial charge < -0.3 is 5.11 Å². The molecule has 50 valence electrons. The number of carbonyl (C=O) groups is 1. The molecule has 0 aliphatic carbocycles. The lowest BCUT2D eigenvalue weighted by Crippen LogP contribution is -2.27. The summed E-state index contributed by atoms with van der Waals surface area (Å²) < 4.78 is 11.0. The van der Waals surface area contributed by atoms with Crippen LogP contribution in [-0.2, 0) is 4.79 Å². The molecule has 0 saturated heterocycles. The molecule has 0 aromatic rings. The molecule has 0 fully saturated rings. The van der Waals surface area contributed by atoms with Gasteiger partial charge in [-0.1, -0.05) is 0 Å². The SMILES string of the molecule is C[C@@H](NF)C(=O)O.Cl. The maximum atomic E-state index is 11.0. The van der Waals surface area contributed by atoms with Crippen molar-refractivity contribution in [1.82, 2.24) is 5.54 Å². The second-order valence-corrected chi connectivity index (χ2v) is 1.17. The molecule has 8 heavy (non-hydrogen) atoms. The standard InChI is InChI=1S/C3H6FNO2.ClH/c1-2(5-4)3(6)7;/h2,5H,1H3,(H,6,7);1H/t2-;/m1./s1. The van der Waals surface area contributed by atoms with Gasteiger partial charge in [0.2, 0.25) is 0 Å². The topological polar surface area (TPSA) is 49.3 Å². The number of carboxylic acid groups (broad SMARTS) is 1. The van der Waals surface area contributed by atoms with Gasteiger partial charge in [-0.15, -0.1) is 22.4 Å². The fourth-order valence-electron chi connectivity index (χ4n) is 0.0467. The largest absolute Gasteiger partial charge is 0.480 e. The molecule has 2 N–H and O–H groups in total. The highest BCUT2D eigenvalue weighted by molar-refractivity contribution is 5.85. The first-order valence-electron chi connectivity index (χ1n) is 1.77. The summed E-state index contributed by atoms with van der Waals surface area (Å²) in [5, 5.41) is 7.88. The molecule has 0 aliphatic heterocycles. The Kier molecular flexibility index (Phi) is 6.36. The van der Waals surface area contributed by atoms with E-state index in [1.54, 1.807) is 0 Å². The van der Waals surface area contributed by atoms with Gasteiger partial charge in [0.15, 0.2) is 0 Å².